The van der Waals surface area contributed by atoms with Crippen molar-refractivity contribution in [1.82, 2.24) is 10.6 Å². The van der Waals surface area contributed by atoms with E-state index in [9.17, 15) is 4.79 Å². The Balaban J connectivity index is 0.00000225. The largest absolute Gasteiger partial charge is 0.355 e. The summed E-state index contributed by atoms with van der Waals surface area (Å²) in [6, 6.07) is 0.318. The van der Waals surface area contributed by atoms with Crippen molar-refractivity contribution in [2.24, 2.45) is 11.3 Å². The number of hydrogen-bond acceptors (Lipinski definition) is 2. The van der Waals surface area contributed by atoms with Gasteiger partial charge in [0.1, 0.15) is 0 Å². The van der Waals surface area contributed by atoms with Crippen LogP contribution in [0.5, 0.6) is 0 Å². The normalized spacial score (nSPS) is 25.8. The minimum atomic E-state index is 0. The third kappa shape index (κ3) is 5.17. The SMILES string of the molecule is C[C@H]1NCCC[C@H]1C(=O)NCC(C)(C)C.Cl. The zero-order chi connectivity index (χ0) is 11.5. The average molecular weight is 249 g/mol. The number of carbonyl (C=O) groups is 1. The van der Waals surface area contributed by atoms with E-state index in [2.05, 4.69) is 38.3 Å². The molecule has 1 saturated heterocycles. The first-order chi connectivity index (χ1) is 6.90. The molecule has 3 nitrogen and oxygen atoms in total. The monoisotopic (exact) mass is 248 g/mol. The molecular weight excluding hydrogens is 224 g/mol. The highest BCUT2D eigenvalue weighted by molar-refractivity contribution is 5.85. The van der Waals surface area contributed by atoms with Crippen molar-refractivity contribution in [3.63, 3.8) is 0 Å². The number of hydrogen-bond donors (Lipinski definition) is 2. The lowest BCUT2D eigenvalue weighted by Gasteiger charge is -2.30. The molecule has 0 aromatic heterocycles. The maximum Gasteiger partial charge on any atom is 0.224 e. The summed E-state index contributed by atoms with van der Waals surface area (Å²) < 4.78 is 0. The maximum atomic E-state index is 11.9. The highest BCUT2D eigenvalue weighted by Crippen LogP contribution is 2.17. The fourth-order valence-corrected chi connectivity index (χ4v) is 1.89. The van der Waals surface area contributed by atoms with Crippen LogP contribution >= 0.6 is 12.4 Å². The lowest BCUT2D eigenvalue weighted by atomic mass is 9.90. The van der Waals surface area contributed by atoms with Crippen molar-refractivity contribution in [1.29, 1.82) is 0 Å². The molecule has 2 atom stereocenters. The van der Waals surface area contributed by atoms with Crippen molar-refractivity contribution in [2.75, 3.05) is 13.1 Å². The molecule has 0 aromatic rings. The first-order valence-corrected chi connectivity index (χ1v) is 5.91. The number of halogens is 1. The van der Waals surface area contributed by atoms with Crippen molar-refractivity contribution in [2.45, 2.75) is 46.6 Å². The van der Waals surface area contributed by atoms with Gasteiger partial charge in [-0.15, -0.1) is 12.4 Å². The zero-order valence-electron chi connectivity index (χ0n) is 10.8. The van der Waals surface area contributed by atoms with Crippen LogP contribution in [0.4, 0.5) is 0 Å². The van der Waals surface area contributed by atoms with Crippen LogP contribution in [-0.4, -0.2) is 25.0 Å². The second-order valence-electron chi connectivity index (χ2n) is 5.77. The van der Waals surface area contributed by atoms with E-state index in [0.717, 1.165) is 25.9 Å². The lowest BCUT2D eigenvalue weighted by Crippen LogP contribution is -2.48. The Hall–Kier alpha value is -0.280. The maximum absolute atomic E-state index is 11.9. The van der Waals surface area contributed by atoms with E-state index in [1.54, 1.807) is 0 Å². The van der Waals surface area contributed by atoms with E-state index >= 15 is 0 Å². The Kier molecular flexibility index (Phi) is 6.34. The zero-order valence-corrected chi connectivity index (χ0v) is 11.6. The number of nitrogens with one attached hydrogen (secondary N) is 2. The van der Waals surface area contributed by atoms with Crippen LogP contribution < -0.4 is 10.6 Å². The molecule has 4 heteroatoms. The van der Waals surface area contributed by atoms with Crippen molar-refractivity contribution in [3.8, 4) is 0 Å². The molecule has 0 aromatic carbocycles. The second-order valence-corrected chi connectivity index (χ2v) is 5.77. The van der Waals surface area contributed by atoms with Crippen molar-refractivity contribution >= 4 is 18.3 Å². The summed E-state index contributed by atoms with van der Waals surface area (Å²) in [5.74, 6) is 0.366. The van der Waals surface area contributed by atoms with E-state index < -0.39 is 0 Å². The first kappa shape index (κ1) is 15.7. The molecule has 1 amide bonds. The number of carbonyl (C=O) groups excluding carboxylic acids is 1. The summed E-state index contributed by atoms with van der Waals surface area (Å²) in [4.78, 5) is 11.9. The number of amides is 1. The van der Waals surface area contributed by atoms with Crippen LogP contribution in [0.3, 0.4) is 0 Å². The second kappa shape index (κ2) is 6.45. The average Bonchev–Trinajstić information content (AvgIpc) is 2.14. The smallest absolute Gasteiger partial charge is 0.224 e. The molecule has 0 unspecified atom stereocenters. The van der Waals surface area contributed by atoms with Gasteiger partial charge in [0.25, 0.3) is 0 Å². The summed E-state index contributed by atoms with van der Waals surface area (Å²) in [7, 11) is 0. The number of rotatable bonds is 2. The third-order valence-corrected chi connectivity index (χ3v) is 2.89. The van der Waals surface area contributed by atoms with Gasteiger partial charge >= 0.3 is 0 Å². The molecule has 16 heavy (non-hydrogen) atoms. The van der Waals surface area contributed by atoms with Gasteiger partial charge in [-0.05, 0) is 31.7 Å². The van der Waals surface area contributed by atoms with E-state index in [1.807, 2.05) is 0 Å². The Morgan fingerprint density at radius 2 is 2.06 bits per heavy atom. The van der Waals surface area contributed by atoms with Crippen molar-refractivity contribution in [3.05, 3.63) is 0 Å². The fraction of sp³-hybridized carbons (Fsp3) is 0.917. The predicted octanol–water partition coefficient (Wildman–Crippen LogP) is 1.96. The van der Waals surface area contributed by atoms with Gasteiger partial charge in [0.2, 0.25) is 5.91 Å². The fourth-order valence-electron chi connectivity index (χ4n) is 1.89. The molecular formula is C12H25ClN2O. The van der Waals surface area contributed by atoms with Gasteiger partial charge in [0, 0.05) is 12.6 Å². The Morgan fingerprint density at radius 3 is 2.56 bits per heavy atom. The van der Waals surface area contributed by atoms with Crippen LogP contribution in [-0.2, 0) is 4.79 Å². The van der Waals surface area contributed by atoms with Gasteiger partial charge in [-0.1, -0.05) is 20.8 Å². The van der Waals surface area contributed by atoms with Crippen LogP contribution in [0.2, 0.25) is 0 Å². The van der Waals surface area contributed by atoms with Crippen LogP contribution in [0.15, 0.2) is 0 Å². The van der Waals surface area contributed by atoms with Gasteiger partial charge in [0.15, 0.2) is 0 Å². The highest BCUT2D eigenvalue weighted by Gasteiger charge is 2.27. The number of piperidine rings is 1. The van der Waals surface area contributed by atoms with Crippen LogP contribution in [0, 0.1) is 11.3 Å². The summed E-state index contributed by atoms with van der Waals surface area (Å²) in [6.45, 7) is 10.3. The molecule has 0 aliphatic carbocycles. The lowest BCUT2D eigenvalue weighted by molar-refractivity contribution is -0.126. The standard InChI is InChI=1S/C12H24N2O.ClH/c1-9-10(6-5-7-13-9)11(15)14-8-12(2,3)4;/h9-10,13H,5-8H2,1-4H3,(H,14,15);1H/t9-,10-;/m1./s1. The third-order valence-electron chi connectivity index (χ3n) is 2.89. The van der Waals surface area contributed by atoms with E-state index in [0.29, 0.717) is 6.04 Å². The molecule has 1 rings (SSSR count). The van der Waals surface area contributed by atoms with Gasteiger partial charge < -0.3 is 10.6 Å². The molecule has 1 aliphatic heterocycles. The first-order valence-electron chi connectivity index (χ1n) is 5.91. The molecule has 0 radical (unpaired) electrons. The molecule has 0 saturated carbocycles. The predicted molar refractivity (Wildman–Crippen MR) is 69.9 cm³/mol. The van der Waals surface area contributed by atoms with Gasteiger partial charge in [0.05, 0.1) is 5.92 Å². The Bertz CT molecular complexity index is 226. The minimum absolute atomic E-state index is 0. The van der Waals surface area contributed by atoms with Gasteiger partial charge in [-0.2, -0.15) is 0 Å². The summed E-state index contributed by atoms with van der Waals surface area (Å²) in [5.41, 5.74) is 0.168. The quantitative estimate of drug-likeness (QED) is 0.785. The van der Waals surface area contributed by atoms with Gasteiger partial charge in [-0.25, -0.2) is 0 Å². The molecule has 0 spiro atoms. The minimum Gasteiger partial charge on any atom is -0.355 e. The van der Waals surface area contributed by atoms with E-state index in [1.165, 1.54) is 0 Å². The van der Waals surface area contributed by atoms with Crippen LogP contribution in [0.1, 0.15) is 40.5 Å². The molecule has 1 heterocycles. The Morgan fingerprint density at radius 1 is 1.44 bits per heavy atom. The molecule has 0 bridgehead atoms. The summed E-state index contributed by atoms with van der Waals surface area (Å²) in [5, 5.41) is 6.39. The molecule has 1 fully saturated rings. The van der Waals surface area contributed by atoms with Crippen LogP contribution in [0.25, 0.3) is 0 Å². The topological polar surface area (TPSA) is 41.1 Å². The molecule has 2 N–H and O–H groups in total. The summed E-state index contributed by atoms with van der Waals surface area (Å²) >= 11 is 0. The van der Waals surface area contributed by atoms with E-state index in [4.69, 9.17) is 0 Å². The molecule has 1 aliphatic rings. The van der Waals surface area contributed by atoms with Gasteiger partial charge in [-0.3, -0.25) is 4.79 Å². The highest BCUT2D eigenvalue weighted by atomic mass is 35.5. The molecule has 96 valence electrons. The Labute approximate surface area is 105 Å². The van der Waals surface area contributed by atoms with Crippen molar-refractivity contribution < 1.29 is 4.79 Å². The summed E-state index contributed by atoms with van der Waals surface area (Å²) in [6.07, 6.45) is 2.13. The van der Waals surface area contributed by atoms with E-state index in [-0.39, 0.29) is 29.6 Å².